The van der Waals surface area contributed by atoms with Gasteiger partial charge >= 0.3 is 0 Å². The highest BCUT2D eigenvalue weighted by Crippen LogP contribution is 2.28. The molecule has 0 saturated carbocycles. The molecule has 2 aromatic rings. The number of rotatable bonds is 1. The summed E-state index contributed by atoms with van der Waals surface area (Å²) in [5, 5.41) is 3.53. The van der Waals surface area contributed by atoms with Crippen LogP contribution in [-0.2, 0) is 6.42 Å². The van der Waals surface area contributed by atoms with E-state index in [2.05, 4.69) is 49.4 Å². The monoisotopic (exact) mass is 291 g/mol. The lowest BCUT2D eigenvalue weighted by atomic mass is 9.98. The van der Waals surface area contributed by atoms with Crippen LogP contribution < -0.4 is 5.32 Å². The summed E-state index contributed by atoms with van der Waals surface area (Å²) in [6, 6.07) is 8.61. The largest absolute Gasteiger partial charge is 0.346 e. The first-order valence-corrected chi connectivity index (χ1v) is 6.57. The van der Waals surface area contributed by atoms with Crippen LogP contribution in [0.25, 0.3) is 0 Å². The highest BCUT2D eigenvalue weighted by molar-refractivity contribution is 9.10. The maximum absolute atomic E-state index is 4.61. The number of hydrogen-bond acceptors (Lipinski definition) is 2. The quantitative estimate of drug-likeness (QED) is 0.848. The molecule has 0 spiro atoms. The van der Waals surface area contributed by atoms with Crippen molar-refractivity contribution >= 4 is 15.9 Å². The highest BCUT2D eigenvalue weighted by atomic mass is 79.9. The summed E-state index contributed by atoms with van der Waals surface area (Å²) in [5.74, 6) is 0.999. The highest BCUT2D eigenvalue weighted by Gasteiger charge is 2.24. The van der Waals surface area contributed by atoms with Crippen molar-refractivity contribution in [1.82, 2.24) is 15.3 Å². The van der Waals surface area contributed by atoms with Crippen LogP contribution in [0.1, 0.15) is 28.8 Å². The van der Waals surface area contributed by atoms with Crippen molar-refractivity contribution in [2.45, 2.75) is 19.4 Å². The van der Waals surface area contributed by atoms with Gasteiger partial charge in [-0.3, -0.25) is 0 Å². The van der Waals surface area contributed by atoms with Crippen LogP contribution in [0.4, 0.5) is 0 Å². The second-order valence-electron chi connectivity index (χ2n) is 4.38. The van der Waals surface area contributed by atoms with Crippen LogP contribution in [0.5, 0.6) is 0 Å². The molecule has 1 aliphatic rings. The van der Waals surface area contributed by atoms with Gasteiger partial charge in [0.1, 0.15) is 5.82 Å². The van der Waals surface area contributed by atoms with Gasteiger partial charge in [0.15, 0.2) is 0 Å². The summed E-state index contributed by atoms with van der Waals surface area (Å²) in [6.07, 6.45) is 1.03. The number of benzene rings is 1. The van der Waals surface area contributed by atoms with Gasteiger partial charge in [-0.2, -0.15) is 0 Å². The Kier molecular flexibility index (Phi) is 2.76. The standard InChI is InChI=1S/C13H14BrN3/c1-8-16-11-5-6-15-12(13(11)17-8)9-3-2-4-10(14)7-9/h2-4,7,12,15H,5-6H2,1H3,(H,16,17). The topological polar surface area (TPSA) is 40.7 Å². The van der Waals surface area contributed by atoms with E-state index in [1.54, 1.807) is 0 Å². The Morgan fingerprint density at radius 3 is 3.12 bits per heavy atom. The summed E-state index contributed by atoms with van der Waals surface area (Å²) in [5.41, 5.74) is 3.67. The number of nitrogens with one attached hydrogen (secondary N) is 2. The summed E-state index contributed by atoms with van der Waals surface area (Å²) in [6.45, 7) is 3.00. The Morgan fingerprint density at radius 1 is 1.41 bits per heavy atom. The molecule has 17 heavy (non-hydrogen) atoms. The minimum absolute atomic E-state index is 0.209. The second kappa shape index (κ2) is 4.27. The summed E-state index contributed by atoms with van der Waals surface area (Å²) in [4.78, 5) is 7.95. The third-order valence-corrected chi connectivity index (χ3v) is 3.60. The van der Waals surface area contributed by atoms with Crippen LogP contribution in [-0.4, -0.2) is 16.5 Å². The van der Waals surface area contributed by atoms with Crippen LogP contribution >= 0.6 is 15.9 Å². The van der Waals surface area contributed by atoms with Gasteiger partial charge in [0, 0.05) is 23.1 Å². The smallest absolute Gasteiger partial charge is 0.103 e. The first kappa shape index (κ1) is 11.0. The maximum Gasteiger partial charge on any atom is 0.103 e. The fourth-order valence-electron chi connectivity index (χ4n) is 2.39. The third-order valence-electron chi connectivity index (χ3n) is 3.11. The van der Waals surface area contributed by atoms with E-state index in [9.17, 15) is 0 Å². The molecule has 2 heterocycles. The van der Waals surface area contributed by atoms with Crippen molar-refractivity contribution in [3.05, 3.63) is 51.5 Å². The molecule has 1 aliphatic heterocycles. The van der Waals surface area contributed by atoms with E-state index in [1.165, 1.54) is 11.3 Å². The molecule has 3 rings (SSSR count). The first-order chi connectivity index (χ1) is 8.24. The van der Waals surface area contributed by atoms with Crippen molar-refractivity contribution in [3.8, 4) is 0 Å². The molecule has 0 bridgehead atoms. The Bertz CT molecular complexity index is 547. The summed E-state index contributed by atoms with van der Waals surface area (Å²) in [7, 11) is 0. The second-order valence-corrected chi connectivity index (χ2v) is 5.29. The number of aromatic nitrogens is 2. The van der Waals surface area contributed by atoms with Crippen LogP contribution in [0.15, 0.2) is 28.7 Å². The van der Waals surface area contributed by atoms with Gasteiger partial charge < -0.3 is 10.3 Å². The lowest BCUT2D eigenvalue weighted by Crippen LogP contribution is -2.30. The van der Waals surface area contributed by atoms with E-state index >= 15 is 0 Å². The Labute approximate surface area is 109 Å². The molecular formula is C13H14BrN3. The lowest BCUT2D eigenvalue weighted by Gasteiger charge is -2.23. The van der Waals surface area contributed by atoms with Crippen molar-refractivity contribution < 1.29 is 0 Å². The predicted molar refractivity (Wildman–Crippen MR) is 71.0 cm³/mol. The van der Waals surface area contributed by atoms with Gasteiger partial charge in [-0.15, -0.1) is 0 Å². The van der Waals surface area contributed by atoms with Gasteiger partial charge in [-0.25, -0.2) is 4.98 Å². The zero-order chi connectivity index (χ0) is 11.8. The van der Waals surface area contributed by atoms with Gasteiger partial charge in [0.2, 0.25) is 0 Å². The summed E-state index contributed by atoms with van der Waals surface area (Å²) >= 11 is 3.52. The maximum atomic E-state index is 4.61. The number of nitrogens with zero attached hydrogens (tertiary/aromatic N) is 1. The van der Waals surface area contributed by atoms with E-state index < -0.39 is 0 Å². The van der Waals surface area contributed by atoms with Crippen molar-refractivity contribution in [1.29, 1.82) is 0 Å². The molecule has 1 atom stereocenters. The molecule has 4 heteroatoms. The molecule has 0 fully saturated rings. The minimum Gasteiger partial charge on any atom is -0.346 e. The molecule has 2 N–H and O–H groups in total. The van der Waals surface area contributed by atoms with Crippen molar-refractivity contribution in [2.75, 3.05) is 6.54 Å². The van der Waals surface area contributed by atoms with Crippen LogP contribution in [0.3, 0.4) is 0 Å². The van der Waals surface area contributed by atoms with E-state index in [4.69, 9.17) is 0 Å². The molecule has 1 aromatic carbocycles. The van der Waals surface area contributed by atoms with Crippen LogP contribution in [0, 0.1) is 6.92 Å². The number of halogens is 1. The van der Waals surface area contributed by atoms with Gasteiger partial charge in [0.25, 0.3) is 0 Å². The third kappa shape index (κ3) is 2.03. The van der Waals surface area contributed by atoms with Crippen LogP contribution in [0.2, 0.25) is 0 Å². The zero-order valence-corrected chi connectivity index (χ0v) is 11.2. The predicted octanol–water partition coefficient (Wildman–Crippen LogP) is 2.72. The molecular weight excluding hydrogens is 278 g/mol. The average molecular weight is 292 g/mol. The Hall–Kier alpha value is -1.13. The number of aryl methyl sites for hydroxylation is 1. The fraction of sp³-hybridized carbons (Fsp3) is 0.308. The van der Waals surface area contributed by atoms with Gasteiger partial charge in [0.05, 0.1) is 11.7 Å². The molecule has 0 amide bonds. The Balaban J connectivity index is 2.05. The summed E-state index contributed by atoms with van der Waals surface area (Å²) < 4.78 is 1.11. The fourth-order valence-corrected chi connectivity index (χ4v) is 2.80. The normalized spacial score (nSPS) is 19.1. The molecule has 88 valence electrons. The molecule has 1 unspecified atom stereocenters. The SMILES string of the molecule is Cc1nc2c([nH]1)CCNC2c1cccc(Br)c1. The van der Waals surface area contributed by atoms with Crippen molar-refractivity contribution in [2.24, 2.45) is 0 Å². The number of fused-ring (bicyclic) bond motifs is 1. The number of hydrogen-bond donors (Lipinski definition) is 2. The van der Waals surface area contributed by atoms with E-state index in [0.717, 1.165) is 29.0 Å². The molecule has 0 saturated heterocycles. The molecule has 1 aromatic heterocycles. The molecule has 0 radical (unpaired) electrons. The Morgan fingerprint density at radius 2 is 2.29 bits per heavy atom. The first-order valence-electron chi connectivity index (χ1n) is 5.78. The van der Waals surface area contributed by atoms with E-state index in [-0.39, 0.29) is 6.04 Å². The minimum atomic E-state index is 0.209. The van der Waals surface area contributed by atoms with E-state index in [0.29, 0.717) is 0 Å². The number of aromatic amines is 1. The molecule has 3 nitrogen and oxygen atoms in total. The average Bonchev–Trinajstić information content (AvgIpc) is 2.68. The number of imidazole rings is 1. The van der Waals surface area contributed by atoms with Gasteiger partial charge in [-0.1, -0.05) is 28.1 Å². The van der Waals surface area contributed by atoms with Gasteiger partial charge in [-0.05, 0) is 24.6 Å². The number of H-pyrrole nitrogens is 1. The molecule has 0 aliphatic carbocycles. The lowest BCUT2D eigenvalue weighted by molar-refractivity contribution is 0.553. The van der Waals surface area contributed by atoms with E-state index in [1.807, 2.05) is 13.0 Å². The zero-order valence-electron chi connectivity index (χ0n) is 9.63. The van der Waals surface area contributed by atoms with Crippen molar-refractivity contribution in [3.63, 3.8) is 0 Å².